The minimum atomic E-state index is -3.80. The van der Waals surface area contributed by atoms with Gasteiger partial charge in [-0.25, -0.2) is 13.1 Å². The summed E-state index contributed by atoms with van der Waals surface area (Å²) in [5.74, 6) is 0.836. The van der Waals surface area contributed by atoms with E-state index in [1.54, 1.807) is 0 Å². The molecule has 0 bridgehead atoms. The third-order valence-corrected chi connectivity index (χ3v) is 4.53. The number of carbonyl (C=O) groups is 1. The van der Waals surface area contributed by atoms with Gasteiger partial charge in [0.1, 0.15) is 0 Å². The van der Waals surface area contributed by atoms with Gasteiger partial charge < -0.3 is 14.8 Å². The van der Waals surface area contributed by atoms with E-state index >= 15 is 0 Å². The number of benzene rings is 1. The number of rotatable bonds is 9. The van der Waals surface area contributed by atoms with Crippen LogP contribution in [0.25, 0.3) is 0 Å². The van der Waals surface area contributed by atoms with E-state index in [2.05, 4.69) is 10.0 Å². The molecule has 0 atom stereocenters. The summed E-state index contributed by atoms with van der Waals surface area (Å²) in [5, 5.41) is 2.67. The Hall–Kier alpha value is -1.80. The summed E-state index contributed by atoms with van der Waals surface area (Å²) in [5.41, 5.74) is 0. The van der Waals surface area contributed by atoms with Crippen LogP contribution in [0, 0.1) is 5.92 Å². The number of amides is 1. The number of methoxy groups -OCH3 is 2. The Morgan fingerprint density at radius 1 is 1.17 bits per heavy atom. The monoisotopic (exact) mass is 344 g/mol. The van der Waals surface area contributed by atoms with Gasteiger partial charge in [0.25, 0.3) is 0 Å². The van der Waals surface area contributed by atoms with Gasteiger partial charge in [-0.15, -0.1) is 0 Å². The summed E-state index contributed by atoms with van der Waals surface area (Å²) in [6.45, 7) is 4.31. The van der Waals surface area contributed by atoms with Gasteiger partial charge >= 0.3 is 0 Å². The lowest BCUT2D eigenvalue weighted by atomic mass is 10.1. The van der Waals surface area contributed by atoms with Gasteiger partial charge in [-0.1, -0.05) is 13.8 Å². The molecule has 1 amide bonds. The van der Waals surface area contributed by atoms with Crippen LogP contribution in [-0.2, 0) is 14.8 Å². The van der Waals surface area contributed by atoms with E-state index < -0.39 is 10.0 Å². The van der Waals surface area contributed by atoms with E-state index in [1.807, 2.05) is 13.8 Å². The van der Waals surface area contributed by atoms with Gasteiger partial charge in [0.05, 0.1) is 25.7 Å². The number of sulfonamides is 1. The Labute approximate surface area is 137 Å². The van der Waals surface area contributed by atoms with Crippen molar-refractivity contribution in [1.29, 1.82) is 0 Å². The zero-order valence-electron chi connectivity index (χ0n) is 13.9. The molecule has 0 saturated heterocycles. The summed E-state index contributed by atoms with van der Waals surface area (Å²) in [6.07, 6.45) is 0.841. The van der Waals surface area contributed by atoms with Gasteiger partial charge in [0.2, 0.25) is 15.9 Å². The van der Waals surface area contributed by atoms with Crippen LogP contribution < -0.4 is 19.5 Å². The molecule has 7 nitrogen and oxygen atoms in total. The zero-order chi connectivity index (χ0) is 17.5. The van der Waals surface area contributed by atoms with Crippen molar-refractivity contribution in [2.75, 3.05) is 27.3 Å². The molecular formula is C15H24N2O5S. The molecule has 2 N–H and O–H groups in total. The zero-order valence-corrected chi connectivity index (χ0v) is 14.7. The molecule has 0 aliphatic heterocycles. The van der Waals surface area contributed by atoms with Crippen LogP contribution in [0.1, 0.15) is 20.3 Å². The normalized spacial score (nSPS) is 11.3. The Morgan fingerprint density at radius 2 is 1.83 bits per heavy atom. The highest BCUT2D eigenvalue weighted by Gasteiger charge is 2.18. The topological polar surface area (TPSA) is 93.7 Å². The van der Waals surface area contributed by atoms with E-state index in [1.165, 1.54) is 32.4 Å². The highest BCUT2D eigenvalue weighted by Crippen LogP contribution is 2.29. The first kappa shape index (κ1) is 19.2. The predicted octanol–water partition coefficient (Wildman–Crippen LogP) is 1.14. The summed E-state index contributed by atoms with van der Waals surface area (Å²) in [4.78, 5) is 11.6. The molecule has 0 heterocycles. The van der Waals surface area contributed by atoms with Crippen LogP contribution in [0.2, 0.25) is 0 Å². The first-order valence-corrected chi connectivity index (χ1v) is 8.77. The summed E-state index contributed by atoms with van der Waals surface area (Å²) < 4.78 is 36.8. The van der Waals surface area contributed by atoms with Crippen LogP contribution in [0.3, 0.4) is 0 Å². The van der Waals surface area contributed by atoms with Crippen molar-refractivity contribution in [3.63, 3.8) is 0 Å². The van der Waals surface area contributed by atoms with E-state index in [9.17, 15) is 13.2 Å². The smallest absolute Gasteiger partial charge is 0.241 e. The molecular weight excluding hydrogens is 320 g/mol. The van der Waals surface area contributed by atoms with Gasteiger partial charge in [-0.2, -0.15) is 0 Å². The minimum Gasteiger partial charge on any atom is -0.493 e. The lowest BCUT2D eigenvalue weighted by molar-refractivity contribution is -0.119. The number of carbonyl (C=O) groups excluding carboxylic acids is 1. The van der Waals surface area contributed by atoms with E-state index in [-0.39, 0.29) is 17.3 Å². The maximum atomic E-state index is 12.2. The fourth-order valence-electron chi connectivity index (χ4n) is 1.79. The van der Waals surface area contributed by atoms with Crippen LogP contribution in [-0.4, -0.2) is 41.6 Å². The number of ether oxygens (including phenoxy) is 2. The fraction of sp³-hybridized carbons (Fsp3) is 0.533. The van der Waals surface area contributed by atoms with Gasteiger partial charge in [0.15, 0.2) is 11.5 Å². The van der Waals surface area contributed by atoms with Crippen molar-refractivity contribution < 1.29 is 22.7 Å². The van der Waals surface area contributed by atoms with Crippen LogP contribution in [0.15, 0.2) is 23.1 Å². The molecule has 130 valence electrons. The predicted molar refractivity (Wildman–Crippen MR) is 87.2 cm³/mol. The van der Waals surface area contributed by atoms with Crippen LogP contribution in [0.4, 0.5) is 0 Å². The molecule has 0 aliphatic carbocycles. The quantitative estimate of drug-likeness (QED) is 0.701. The minimum absolute atomic E-state index is 0.00475. The fourth-order valence-corrected chi connectivity index (χ4v) is 2.79. The Balaban J connectivity index is 2.67. The number of hydrogen-bond donors (Lipinski definition) is 2. The molecule has 0 spiro atoms. The molecule has 0 saturated carbocycles. The largest absolute Gasteiger partial charge is 0.493 e. The molecule has 8 heteroatoms. The van der Waals surface area contributed by atoms with Gasteiger partial charge in [-0.3, -0.25) is 4.79 Å². The number of hydrogen-bond acceptors (Lipinski definition) is 5. The molecule has 0 aliphatic rings. The maximum Gasteiger partial charge on any atom is 0.241 e. The second-order valence-corrected chi connectivity index (χ2v) is 7.14. The van der Waals surface area contributed by atoms with Gasteiger partial charge in [0, 0.05) is 12.6 Å². The summed E-state index contributed by atoms with van der Waals surface area (Å²) in [6, 6.07) is 4.23. The Bertz CT molecular complexity index is 629. The average molecular weight is 344 g/mol. The highest BCUT2D eigenvalue weighted by molar-refractivity contribution is 7.89. The molecule has 1 aromatic carbocycles. The second-order valence-electron chi connectivity index (χ2n) is 5.37. The van der Waals surface area contributed by atoms with E-state index in [0.29, 0.717) is 24.0 Å². The second kappa shape index (κ2) is 8.73. The molecule has 0 fully saturated rings. The molecule has 0 unspecified atom stereocenters. The first-order valence-electron chi connectivity index (χ1n) is 7.28. The third kappa shape index (κ3) is 6.07. The number of nitrogens with one attached hydrogen (secondary N) is 2. The Kier molecular flexibility index (Phi) is 7.31. The summed E-state index contributed by atoms with van der Waals surface area (Å²) in [7, 11) is -0.916. The molecule has 1 rings (SSSR count). The third-order valence-electron chi connectivity index (χ3n) is 3.13. The lowest BCUT2D eigenvalue weighted by Gasteiger charge is -2.11. The Morgan fingerprint density at radius 3 is 2.39 bits per heavy atom. The van der Waals surface area contributed by atoms with Crippen LogP contribution in [0.5, 0.6) is 11.5 Å². The van der Waals surface area contributed by atoms with Crippen molar-refractivity contribution in [3.05, 3.63) is 18.2 Å². The van der Waals surface area contributed by atoms with Gasteiger partial charge in [-0.05, 0) is 24.5 Å². The first-order chi connectivity index (χ1) is 10.8. The standard InChI is InChI=1S/C15H24N2O5S/c1-11(2)7-8-16-15(18)10-17-23(19,20)12-5-6-13(21-3)14(9-12)22-4/h5-6,9,11,17H,7-8,10H2,1-4H3,(H,16,18). The molecule has 1 aromatic rings. The SMILES string of the molecule is COc1ccc(S(=O)(=O)NCC(=O)NCCC(C)C)cc1OC. The summed E-state index contributed by atoms with van der Waals surface area (Å²) >= 11 is 0. The lowest BCUT2D eigenvalue weighted by Crippen LogP contribution is -2.37. The molecule has 0 radical (unpaired) electrons. The van der Waals surface area contributed by atoms with Crippen molar-refractivity contribution in [1.82, 2.24) is 10.0 Å². The van der Waals surface area contributed by atoms with Crippen molar-refractivity contribution in [2.24, 2.45) is 5.92 Å². The average Bonchev–Trinajstić information content (AvgIpc) is 2.52. The van der Waals surface area contributed by atoms with Crippen molar-refractivity contribution >= 4 is 15.9 Å². The van der Waals surface area contributed by atoms with E-state index in [4.69, 9.17) is 9.47 Å². The van der Waals surface area contributed by atoms with Crippen LogP contribution >= 0.6 is 0 Å². The maximum absolute atomic E-state index is 12.2. The highest BCUT2D eigenvalue weighted by atomic mass is 32.2. The molecule has 0 aromatic heterocycles. The van der Waals surface area contributed by atoms with Crippen molar-refractivity contribution in [2.45, 2.75) is 25.2 Å². The van der Waals surface area contributed by atoms with E-state index in [0.717, 1.165) is 6.42 Å². The van der Waals surface area contributed by atoms with Crippen molar-refractivity contribution in [3.8, 4) is 11.5 Å². The molecule has 23 heavy (non-hydrogen) atoms.